The van der Waals surface area contributed by atoms with E-state index in [1.54, 1.807) is 44.6 Å². The molecular formula is C32H37N3O5. The lowest BCUT2D eigenvalue weighted by Crippen LogP contribution is -2.49. The Kier molecular flexibility index (Phi) is 9.32. The normalized spacial score (nSPS) is 12.5. The highest BCUT2D eigenvalue weighted by Gasteiger charge is 2.28. The van der Waals surface area contributed by atoms with Crippen LogP contribution in [-0.2, 0) is 11.2 Å². The molecule has 0 bridgehead atoms. The van der Waals surface area contributed by atoms with E-state index in [4.69, 9.17) is 9.47 Å². The van der Waals surface area contributed by atoms with Gasteiger partial charge in [-0.2, -0.15) is 0 Å². The lowest BCUT2D eigenvalue weighted by atomic mass is 9.96. The zero-order chi connectivity index (χ0) is 28.6. The highest BCUT2D eigenvalue weighted by molar-refractivity contribution is 6.00. The van der Waals surface area contributed by atoms with E-state index >= 15 is 0 Å². The molecule has 1 heterocycles. The molecule has 40 heavy (non-hydrogen) atoms. The molecule has 4 aromatic rings. The molecule has 2 amide bonds. The third-order valence-electron chi connectivity index (χ3n) is 6.97. The quantitative estimate of drug-likeness (QED) is 0.186. The minimum Gasteiger partial charge on any atom is -0.508 e. The van der Waals surface area contributed by atoms with Crippen molar-refractivity contribution in [1.29, 1.82) is 0 Å². The number of carbonyl (C=O) groups is 2. The fourth-order valence-electron chi connectivity index (χ4n) is 4.89. The number of aromatic amines is 1. The second kappa shape index (κ2) is 13.1. The fourth-order valence-corrected chi connectivity index (χ4v) is 4.89. The summed E-state index contributed by atoms with van der Waals surface area (Å²) >= 11 is 0. The number of H-pyrrole nitrogens is 1. The maximum absolute atomic E-state index is 13.9. The Morgan fingerprint density at radius 2 is 1.62 bits per heavy atom. The number of carbonyl (C=O) groups excluding carboxylic acids is 2. The van der Waals surface area contributed by atoms with Gasteiger partial charge in [-0.15, -0.1) is 0 Å². The average Bonchev–Trinajstić information content (AvgIpc) is 3.40. The van der Waals surface area contributed by atoms with Gasteiger partial charge in [-0.1, -0.05) is 50.1 Å². The minimum absolute atomic E-state index is 0.130. The zero-order valence-corrected chi connectivity index (χ0v) is 23.4. The Hall–Kier alpha value is -4.46. The van der Waals surface area contributed by atoms with Gasteiger partial charge in [0.25, 0.3) is 5.91 Å². The van der Waals surface area contributed by atoms with Crippen molar-refractivity contribution in [3.63, 3.8) is 0 Å². The number of rotatable bonds is 12. The Morgan fingerprint density at radius 1 is 0.950 bits per heavy atom. The number of ether oxygens (including phenoxy) is 2. The summed E-state index contributed by atoms with van der Waals surface area (Å²) in [4.78, 5) is 30.4. The molecule has 2 atom stereocenters. The predicted molar refractivity (Wildman–Crippen MR) is 156 cm³/mol. The van der Waals surface area contributed by atoms with E-state index in [0.717, 1.165) is 40.4 Å². The number of phenols is 1. The van der Waals surface area contributed by atoms with Gasteiger partial charge in [-0.05, 0) is 60.9 Å². The number of fused-ring (bicyclic) bond motifs is 1. The zero-order valence-electron chi connectivity index (χ0n) is 23.4. The maximum Gasteiger partial charge on any atom is 0.268 e. The smallest absolute Gasteiger partial charge is 0.268 e. The largest absolute Gasteiger partial charge is 0.508 e. The number of methoxy groups -OCH3 is 2. The number of para-hydroxylation sites is 1. The van der Waals surface area contributed by atoms with Crippen LogP contribution in [0.4, 0.5) is 0 Å². The second-order valence-electron chi connectivity index (χ2n) is 9.95. The summed E-state index contributed by atoms with van der Waals surface area (Å²) in [6.07, 6.45) is 2.72. The first-order valence-electron chi connectivity index (χ1n) is 13.5. The van der Waals surface area contributed by atoms with Crippen molar-refractivity contribution in [1.82, 2.24) is 15.6 Å². The van der Waals surface area contributed by atoms with Crippen LogP contribution >= 0.6 is 0 Å². The molecule has 4 rings (SSSR count). The van der Waals surface area contributed by atoms with Crippen molar-refractivity contribution in [2.24, 2.45) is 0 Å². The summed E-state index contributed by atoms with van der Waals surface area (Å²) in [7, 11) is 3.20. The van der Waals surface area contributed by atoms with Crippen LogP contribution in [0.1, 0.15) is 59.4 Å². The van der Waals surface area contributed by atoms with E-state index in [9.17, 15) is 14.7 Å². The van der Waals surface area contributed by atoms with Gasteiger partial charge in [0.05, 0.1) is 25.8 Å². The number of unbranched alkanes of at least 4 members (excludes halogenated alkanes) is 1. The summed E-state index contributed by atoms with van der Waals surface area (Å²) in [5.41, 5.74) is 3.75. The van der Waals surface area contributed by atoms with Crippen LogP contribution < -0.4 is 20.1 Å². The molecular weight excluding hydrogens is 506 g/mol. The van der Waals surface area contributed by atoms with Crippen LogP contribution in [0, 0.1) is 6.92 Å². The topological polar surface area (TPSA) is 113 Å². The van der Waals surface area contributed by atoms with Crippen LogP contribution in [-0.4, -0.2) is 42.2 Å². The highest BCUT2D eigenvalue weighted by atomic mass is 16.5. The SMILES string of the molecule is CCCCC(NC(=O)C(Cc1ccc(O)cc1)NC(=O)c1cc2ccccc2[nH]1)c1c(OC)cc(C)cc1OC. The van der Waals surface area contributed by atoms with E-state index in [-0.39, 0.29) is 24.0 Å². The van der Waals surface area contributed by atoms with Crippen LogP contribution in [0.2, 0.25) is 0 Å². The number of amides is 2. The van der Waals surface area contributed by atoms with Crippen molar-refractivity contribution in [3.8, 4) is 17.2 Å². The van der Waals surface area contributed by atoms with E-state index in [0.29, 0.717) is 23.6 Å². The minimum atomic E-state index is -0.880. The van der Waals surface area contributed by atoms with E-state index in [2.05, 4.69) is 22.5 Å². The molecule has 1 aromatic heterocycles. The number of nitrogens with one attached hydrogen (secondary N) is 3. The van der Waals surface area contributed by atoms with Crippen molar-refractivity contribution in [3.05, 3.63) is 89.1 Å². The van der Waals surface area contributed by atoms with E-state index < -0.39 is 12.1 Å². The summed E-state index contributed by atoms with van der Waals surface area (Å²) in [5.74, 6) is 0.685. The lowest BCUT2D eigenvalue weighted by Gasteiger charge is -2.26. The predicted octanol–water partition coefficient (Wildman–Crippen LogP) is 5.59. The Morgan fingerprint density at radius 3 is 2.25 bits per heavy atom. The Labute approximate surface area is 234 Å². The van der Waals surface area contributed by atoms with Gasteiger partial charge in [0, 0.05) is 17.3 Å². The van der Waals surface area contributed by atoms with Crippen molar-refractivity contribution in [2.75, 3.05) is 14.2 Å². The first-order valence-corrected chi connectivity index (χ1v) is 13.5. The maximum atomic E-state index is 13.9. The molecule has 210 valence electrons. The molecule has 8 nitrogen and oxygen atoms in total. The first-order chi connectivity index (χ1) is 19.3. The molecule has 0 spiro atoms. The summed E-state index contributed by atoms with van der Waals surface area (Å²) < 4.78 is 11.4. The first kappa shape index (κ1) is 28.5. The van der Waals surface area contributed by atoms with Gasteiger partial charge in [0.15, 0.2) is 0 Å². The molecule has 8 heteroatoms. The molecule has 0 saturated heterocycles. The molecule has 0 saturated carbocycles. The average molecular weight is 544 g/mol. The number of phenolic OH excluding ortho intramolecular Hbond substituents is 1. The van der Waals surface area contributed by atoms with Gasteiger partial charge in [-0.25, -0.2) is 0 Å². The van der Waals surface area contributed by atoms with Crippen molar-refractivity contribution >= 4 is 22.7 Å². The van der Waals surface area contributed by atoms with Crippen molar-refractivity contribution in [2.45, 2.75) is 51.6 Å². The van der Waals surface area contributed by atoms with Crippen LogP contribution in [0.3, 0.4) is 0 Å². The van der Waals surface area contributed by atoms with Gasteiger partial charge in [0.2, 0.25) is 5.91 Å². The summed E-state index contributed by atoms with van der Waals surface area (Å²) in [6, 6.07) is 18.6. The monoisotopic (exact) mass is 543 g/mol. The molecule has 2 unspecified atom stereocenters. The second-order valence-corrected chi connectivity index (χ2v) is 9.95. The molecule has 0 aliphatic rings. The highest BCUT2D eigenvalue weighted by Crippen LogP contribution is 2.38. The van der Waals surface area contributed by atoms with Crippen LogP contribution in [0.25, 0.3) is 10.9 Å². The lowest BCUT2D eigenvalue weighted by molar-refractivity contribution is -0.123. The molecule has 0 fully saturated rings. The van der Waals surface area contributed by atoms with Gasteiger partial charge in [0.1, 0.15) is 29.0 Å². The van der Waals surface area contributed by atoms with Crippen LogP contribution in [0.5, 0.6) is 17.2 Å². The number of hydrogen-bond donors (Lipinski definition) is 4. The van der Waals surface area contributed by atoms with Gasteiger partial charge < -0.3 is 30.2 Å². The third-order valence-corrected chi connectivity index (χ3v) is 6.97. The number of benzene rings is 3. The number of aryl methyl sites for hydroxylation is 1. The number of hydrogen-bond acceptors (Lipinski definition) is 5. The number of aromatic hydroxyl groups is 1. The Balaban J connectivity index is 1.65. The molecule has 0 aliphatic carbocycles. The summed E-state index contributed by atoms with van der Waals surface area (Å²) in [6.45, 7) is 4.05. The Bertz CT molecular complexity index is 1400. The van der Waals surface area contributed by atoms with Crippen molar-refractivity contribution < 1.29 is 24.2 Å². The summed E-state index contributed by atoms with van der Waals surface area (Å²) in [5, 5.41) is 16.7. The van der Waals surface area contributed by atoms with E-state index in [1.807, 2.05) is 43.3 Å². The van der Waals surface area contributed by atoms with Gasteiger partial charge >= 0.3 is 0 Å². The molecule has 3 aromatic carbocycles. The fraction of sp³-hybridized carbons (Fsp3) is 0.312. The van der Waals surface area contributed by atoms with E-state index in [1.165, 1.54) is 0 Å². The molecule has 4 N–H and O–H groups in total. The molecule has 0 radical (unpaired) electrons. The van der Waals surface area contributed by atoms with Crippen LogP contribution in [0.15, 0.2) is 66.7 Å². The third kappa shape index (κ3) is 6.75. The van der Waals surface area contributed by atoms with Gasteiger partial charge in [-0.3, -0.25) is 9.59 Å². The standard InChI is InChI=1S/C32H37N3O5/c1-5-6-10-25(30-28(39-3)16-20(2)17-29(30)40-4)34-31(37)26(18-21-12-14-23(36)15-13-21)35-32(38)27-19-22-9-7-8-11-24(22)33-27/h7-9,11-17,19,25-26,33,36H,5-6,10,18H2,1-4H3,(H,34,37)(H,35,38). The molecule has 0 aliphatic heterocycles. The number of aromatic nitrogens is 1.